The van der Waals surface area contributed by atoms with E-state index in [0.29, 0.717) is 11.3 Å². The number of anilines is 1. The standard InChI is InChI=1S/C14H17NO4S/c16-14(17)10-7-11-5-8-12(9-6-11)15-20(18,19)13-3-1-2-4-13/h5-10,13,15H,1-4H2,(H,16,17)/b10-7+. The zero-order valence-corrected chi connectivity index (χ0v) is 11.8. The van der Waals surface area contributed by atoms with Crippen LogP contribution in [0.15, 0.2) is 30.3 Å². The van der Waals surface area contributed by atoms with E-state index >= 15 is 0 Å². The molecule has 20 heavy (non-hydrogen) atoms. The molecule has 0 saturated heterocycles. The number of carboxylic acid groups (broad SMARTS) is 1. The molecule has 1 saturated carbocycles. The summed E-state index contributed by atoms with van der Waals surface area (Å²) in [6.45, 7) is 0. The van der Waals surface area contributed by atoms with Crippen molar-refractivity contribution < 1.29 is 18.3 Å². The molecule has 0 atom stereocenters. The van der Waals surface area contributed by atoms with Crippen molar-refractivity contribution in [3.05, 3.63) is 35.9 Å². The van der Waals surface area contributed by atoms with Crippen LogP contribution < -0.4 is 4.72 Å². The van der Waals surface area contributed by atoms with Gasteiger partial charge >= 0.3 is 5.97 Å². The van der Waals surface area contributed by atoms with Crippen molar-refractivity contribution in [3.63, 3.8) is 0 Å². The molecule has 108 valence electrons. The Bertz CT molecular complexity index is 599. The van der Waals surface area contributed by atoms with Crippen molar-refractivity contribution in [2.75, 3.05) is 4.72 Å². The normalized spacial score (nSPS) is 16.6. The van der Waals surface area contributed by atoms with Gasteiger partial charge in [-0.3, -0.25) is 4.72 Å². The molecule has 0 unspecified atom stereocenters. The molecule has 0 aromatic heterocycles. The van der Waals surface area contributed by atoms with Crippen molar-refractivity contribution >= 4 is 27.8 Å². The van der Waals surface area contributed by atoms with E-state index in [1.165, 1.54) is 6.08 Å². The van der Waals surface area contributed by atoms with E-state index in [9.17, 15) is 13.2 Å². The summed E-state index contributed by atoms with van der Waals surface area (Å²) in [7, 11) is -3.31. The lowest BCUT2D eigenvalue weighted by molar-refractivity contribution is -0.131. The fraction of sp³-hybridized carbons (Fsp3) is 0.357. The van der Waals surface area contributed by atoms with Crippen LogP contribution in [0, 0.1) is 0 Å². The molecule has 0 aliphatic heterocycles. The molecule has 0 spiro atoms. The first-order valence-corrected chi connectivity index (χ1v) is 8.05. The highest BCUT2D eigenvalue weighted by atomic mass is 32.2. The molecule has 2 rings (SSSR count). The Morgan fingerprint density at radius 2 is 1.80 bits per heavy atom. The van der Waals surface area contributed by atoms with Crippen LogP contribution in [0.5, 0.6) is 0 Å². The van der Waals surface area contributed by atoms with Gasteiger partial charge in [0.15, 0.2) is 0 Å². The summed E-state index contributed by atoms with van der Waals surface area (Å²) in [4.78, 5) is 10.4. The average molecular weight is 295 g/mol. The minimum atomic E-state index is -3.31. The molecule has 0 radical (unpaired) electrons. The number of aliphatic carboxylic acids is 1. The summed E-state index contributed by atoms with van der Waals surface area (Å²) < 4.78 is 26.8. The minimum absolute atomic E-state index is 0.297. The first kappa shape index (κ1) is 14.6. The summed E-state index contributed by atoms with van der Waals surface area (Å²) in [5, 5.41) is 8.23. The molecular formula is C14H17NO4S. The van der Waals surface area contributed by atoms with Gasteiger partial charge in [-0.05, 0) is 36.6 Å². The zero-order chi connectivity index (χ0) is 14.6. The maximum atomic E-state index is 12.1. The van der Waals surface area contributed by atoms with Gasteiger partial charge in [-0.1, -0.05) is 25.0 Å². The second-order valence-electron chi connectivity index (χ2n) is 4.85. The fourth-order valence-electron chi connectivity index (χ4n) is 2.28. The van der Waals surface area contributed by atoms with E-state index in [0.717, 1.165) is 31.8 Å². The highest BCUT2D eigenvalue weighted by molar-refractivity contribution is 7.93. The zero-order valence-electron chi connectivity index (χ0n) is 11.0. The highest BCUT2D eigenvalue weighted by Crippen LogP contribution is 2.26. The molecule has 1 aromatic rings. The third kappa shape index (κ3) is 3.84. The third-order valence-corrected chi connectivity index (χ3v) is 5.20. The van der Waals surface area contributed by atoms with Gasteiger partial charge in [-0.2, -0.15) is 0 Å². The van der Waals surface area contributed by atoms with Crippen LogP contribution in [-0.4, -0.2) is 24.7 Å². The third-order valence-electron chi connectivity index (χ3n) is 3.33. The van der Waals surface area contributed by atoms with Crippen molar-refractivity contribution in [1.29, 1.82) is 0 Å². The molecule has 1 aromatic carbocycles. The number of carbonyl (C=O) groups is 1. The molecule has 6 heteroatoms. The van der Waals surface area contributed by atoms with E-state index in [1.54, 1.807) is 24.3 Å². The molecule has 5 nitrogen and oxygen atoms in total. The number of benzene rings is 1. The summed E-state index contributed by atoms with van der Waals surface area (Å²) >= 11 is 0. The number of hydrogen-bond donors (Lipinski definition) is 2. The van der Waals surface area contributed by atoms with Crippen LogP contribution in [0.2, 0.25) is 0 Å². The van der Waals surface area contributed by atoms with Crippen molar-refractivity contribution in [1.82, 2.24) is 0 Å². The van der Waals surface area contributed by atoms with Gasteiger partial charge in [0, 0.05) is 11.8 Å². The second-order valence-corrected chi connectivity index (χ2v) is 6.81. The average Bonchev–Trinajstić information content (AvgIpc) is 2.92. The highest BCUT2D eigenvalue weighted by Gasteiger charge is 2.28. The Morgan fingerprint density at radius 3 is 2.35 bits per heavy atom. The molecule has 2 N–H and O–H groups in total. The van der Waals surface area contributed by atoms with Crippen LogP contribution in [-0.2, 0) is 14.8 Å². The first-order valence-electron chi connectivity index (χ1n) is 6.50. The Kier molecular flexibility index (Phi) is 4.44. The minimum Gasteiger partial charge on any atom is -0.478 e. The smallest absolute Gasteiger partial charge is 0.328 e. The SMILES string of the molecule is O=C(O)/C=C/c1ccc(NS(=O)(=O)C2CCCC2)cc1. The fourth-order valence-corrected chi connectivity index (χ4v) is 3.86. The predicted octanol–water partition coefficient (Wildman–Crippen LogP) is 2.47. The van der Waals surface area contributed by atoms with Crippen LogP contribution >= 0.6 is 0 Å². The largest absolute Gasteiger partial charge is 0.478 e. The van der Waals surface area contributed by atoms with Gasteiger partial charge in [-0.25, -0.2) is 13.2 Å². The maximum absolute atomic E-state index is 12.1. The monoisotopic (exact) mass is 295 g/mol. The van der Waals surface area contributed by atoms with E-state index < -0.39 is 16.0 Å². The van der Waals surface area contributed by atoms with Crippen LogP contribution in [0.3, 0.4) is 0 Å². The number of sulfonamides is 1. The van der Waals surface area contributed by atoms with Crippen molar-refractivity contribution in [2.24, 2.45) is 0 Å². The lowest BCUT2D eigenvalue weighted by Gasteiger charge is -2.13. The quantitative estimate of drug-likeness (QED) is 0.817. The predicted molar refractivity (Wildman–Crippen MR) is 77.9 cm³/mol. The summed E-state index contributed by atoms with van der Waals surface area (Å²) in [6.07, 6.45) is 5.85. The van der Waals surface area contributed by atoms with Gasteiger partial charge < -0.3 is 5.11 Å². The number of carboxylic acids is 1. The van der Waals surface area contributed by atoms with Crippen molar-refractivity contribution in [2.45, 2.75) is 30.9 Å². The van der Waals surface area contributed by atoms with Crippen molar-refractivity contribution in [3.8, 4) is 0 Å². The van der Waals surface area contributed by atoms with Gasteiger partial charge in [0.25, 0.3) is 0 Å². The summed E-state index contributed by atoms with van der Waals surface area (Å²) in [5.74, 6) is -1.02. The molecule has 1 fully saturated rings. The van der Waals surface area contributed by atoms with E-state index in [4.69, 9.17) is 5.11 Å². The molecular weight excluding hydrogens is 278 g/mol. The Hall–Kier alpha value is -1.82. The van der Waals surface area contributed by atoms with E-state index in [1.807, 2.05) is 0 Å². The van der Waals surface area contributed by atoms with Gasteiger partial charge in [0.2, 0.25) is 10.0 Å². The maximum Gasteiger partial charge on any atom is 0.328 e. The second kappa shape index (κ2) is 6.09. The molecule has 1 aliphatic carbocycles. The first-order chi connectivity index (χ1) is 9.47. The Labute approximate surface area is 118 Å². The van der Waals surface area contributed by atoms with Crippen LogP contribution in [0.1, 0.15) is 31.2 Å². The van der Waals surface area contributed by atoms with Gasteiger partial charge in [-0.15, -0.1) is 0 Å². The van der Waals surface area contributed by atoms with E-state index in [2.05, 4.69) is 4.72 Å². The number of rotatable bonds is 5. The Morgan fingerprint density at radius 1 is 1.20 bits per heavy atom. The topological polar surface area (TPSA) is 83.5 Å². The summed E-state index contributed by atoms with van der Waals surface area (Å²) in [6, 6.07) is 6.61. The molecule has 0 amide bonds. The van der Waals surface area contributed by atoms with Gasteiger partial charge in [0.05, 0.1) is 5.25 Å². The van der Waals surface area contributed by atoms with E-state index in [-0.39, 0.29) is 5.25 Å². The lowest BCUT2D eigenvalue weighted by Crippen LogP contribution is -2.25. The summed E-state index contributed by atoms with van der Waals surface area (Å²) in [5.41, 5.74) is 1.21. The number of hydrogen-bond acceptors (Lipinski definition) is 3. The molecule has 0 heterocycles. The van der Waals surface area contributed by atoms with Crippen LogP contribution in [0.4, 0.5) is 5.69 Å². The number of nitrogens with one attached hydrogen (secondary N) is 1. The Balaban J connectivity index is 2.05. The molecule has 1 aliphatic rings. The van der Waals surface area contributed by atoms with Gasteiger partial charge in [0.1, 0.15) is 0 Å². The molecule has 0 bridgehead atoms. The lowest BCUT2D eigenvalue weighted by atomic mass is 10.2. The van der Waals surface area contributed by atoms with Crippen LogP contribution in [0.25, 0.3) is 6.08 Å².